The normalized spacial score (nSPS) is 10.5. The van der Waals surface area contributed by atoms with Crippen LogP contribution in [0.4, 0.5) is 4.48 Å². The number of imidazole rings is 1. The second-order valence-corrected chi connectivity index (χ2v) is 2.92. The Labute approximate surface area is 84.2 Å². The minimum atomic E-state index is -0.652. The maximum Gasteiger partial charge on any atom is 0.326 e. The number of benzene rings is 1. The van der Waals surface area contributed by atoms with Crippen molar-refractivity contribution in [3.05, 3.63) is 23.8 Å². The van der Waals surface area contributed by atoms with Gasteiger partial charge < -0.3 is 10.5 Å². The first-order chi connectivity index (χ1) is 7.15. The van der Waals surface area contributed by atoms with Gasteiger partial charge in [-0.15, -0.1) is 4.79 Å². The lowest BCUT2D eigenvalue weighted by molar-refractivity contribution is 0.100. The monoisotopic (exact) mass is 209 g/mol. The number of carbonyl (C=O) groups excluding carboxylic acids is 1. The van der Waals surface area contributed by atoms with Crippen LogP contribution in [0.3, 0.4) is 0 Å². The zero-order valence-corrected chi connectivity index (χ0v) is 7.90. The Kier molecular flexibility index (Phi) is 2.03. The number of hydrogen-bond donors (Lipinski definition) is 1. The van der Waals surface area contributed by atoms with Gasteiger partial charge in [-0.3, -0.25) is 4.79 Å². The number of fused-ring (bicyclic) bond motifs is 1. The van der Waals surface area contributed by atoms with E-state index in [2.05, 4.69) is 9.72 Å². The maximum absolute atomic E-state index is 13.4. The lowest BCUT2D eigenvalue weighted by Crippen LogP contribution is -2.11. The number of aromatic nitrogens is 2. The quantitative estimate of drug-likeness (QED) is 0.797. The van der Waals surface area contributed by atoms with Crippen LogP contribution in [-0.2, 0) is 0 Å². The zero-order valence-electron chi connectivity index (χ0n) is 7.90. The van der Waals surface area contributed by atoms with Gasteiger partial charge >= 0.3 is 6.01 Å². The van der Waals surface area contributed by atoms with E-state index in [0.29, 0.717) is 0 Å². The number of carbonyl (C=O) groups is 1. The molecule has 6 heteroatoms. The van der Waals surface area contributed by atoms with Crippen LogP contribution in [0, 0.1) is 0 Å². The van der Waals surface area contributed by atoms with Crippen LogP contribution < -0.4 is 10.5 Å². The van der Waals surface area contributed by atoms with E-state index in [1.165, 1.54) is 25.3 Å². The SMILES string of the molecule is COc1nc2c(C(N)=O)cccc2n1F. The van der Waals surface area contributed by atoms with Crippen LogP contribution in [0.2, 0.25) is 0 Å². The number of methoxy groups -OCH3 is 1. The number of nitrogens with zero attached hydrogens (tertiary/aromatic N) is 2. The molecule has 0 atom stereocenters. The minimum absolute atomic E-state index is 0.156. The first-order valence-corrected chi connectivity index (χ1v) is 4.16. The van der Waals surface area contributed by atoms with Gasteiger partial charge in [0, 0.05) is 0 Å². The molecule has 2 N–H and O–H groups in total. The summed E-state index contributed by atoms with van der Waals surface area (Å²) in [5.41, 5.74) is 5.65. The lowest BCUT2D eigenvalue weighted by atomic mass is 10.2. The summed E-state index contributed by atoms with van der Waals surface area (Å²) in [7, 11) is 1.29. The predicted octanol–water partition coefficient (Wildman–Crippen LogP) is 0.876. The van der Waals surface area contributed by atoms with Crippen molar-refractivity contribution in [1.29, 1.82) is 0 Å². The zero-order chi connectivity index (χ0) is 11.0. The topological polar surface area (TPSA) is 70.1 Å². The molecule has 2 rings (SSSR count). The van der Waals surface area contributed by atoms with Gasteiger partial charge in [0.25, 0.3) is 5.91 Å². The largest absolute Gasteiger partial charge is 0.466 e. The van der Waals surface area contributed by atoms with E-state index in [1.807, 2.05) is 0 Å². The Bertz CT molecular complexity index is 535. The molecule has 0 aliphatic carbocycles. The molecule has 1 heterocycles. The second-order valence-electron chi connectivity index (χ2n) is 2.92. The van der Waals surface area contributed by atoms with Gasteiger partial charge in [0.05, 0.1) is 12.7 Å². The molecule has 2 aromatic rings. The third-order valence-electron chi connectivity index (χ3n) is 2.05. The van der Waals surface area contributed by atoms with E-state index in [1.54, 1.807) is 0 Å². The molecule has 0 fully saturated rings. The number of primary amides is 1. The molecule has 0 aliphatic rings. The van der Waals surface area contributed by atoms with Crippen LogP contribution in [0.5, 0.6) is 6.01 Å². The fraction of sp³-hybridized carbons (Fsp3) is 0.111. The van der Waals surface area contributed by atoms with E-state index in [0.717, 1.165) is 0 Å². The summed E-state index contributed by atoms with van der Waals surface area (Å²) in [6.45, 7) is 0. The summed E-state index contributed by atoms with van der Waals surface area (Å²) in [6, 6.07) is 4.28. The minimum Gasteiger partial charge on any atom is -0.466 e. The van der Waals surface area contributed by atoms with Crippen LogP contribution in [-0.4, -0.2) is 22.8 Å². The van der Waals surface area contributed by atoms with Gasteiger partial charge in [-0.05, 0) is 12.1 Å². The highest BCUT2D eigenvalue weighted by Crippen LogP contribution is 2.23. The van der Waals surface area contributed by atoms with E-state index in [9.17, 15) is 9.28 Å². The van der Waals surface area contributed by atoms with Crippen molar-refractivity contribution < 1.29 is 14.0 Å². The molecular weight excluding hydrogens is 201 g/mol. The highest BCUT2D eigenvalue weighted by atomic mass is 19.2. The Morgan fingerprint density at radius 3 is 2.93 bits per heavy atom. The molecule has 0 spiro atoms. The molecule has 1 aromatic heterocycles. The number of hydrogen-bond acceptors (Lipinski definition) is 3. The first kappa shape index (κ1) is 9.45. The van der Waals surface area contributed by atoms with Crippen molar-refractivity contribution in [2.45, 2.75) is 0 Å². The van der Waals surface area contributed by atoms with Crippen LogP contribution in [0.15, 0.2) is 18.2 Å². The highest BCUT2D eigenvalue weighted by Gasteiger charge is 2.15. The molecule has 0 saturated heterocycles. The lowest BCUT2D eigenvalue weighted by Gasteiger charge is -1.95. The summed E-state index contributed by atoms with van der Waals surface area (Å²) in [6.07, 6.45) is 0. The predicted molar refractivity (Wildman–Crippen MR) is 51.3 cm³/mol. The van der Waals surface area contributed by atoms with Gasteiger partial charge in [-0.2, -0.15) is 4.98 Å². The summed E-state index contributed by atoms with van der Waals surface area (Å²) in [5.74, 6) is -0.652. The first-order valence-electron chi connectivity index (χ1n) is 4.16. The number of ether oxygens (including phenoxy) is 1. The molecule has 0 unspecified atom stereocenters. The molecule has 0 bridgehead atoms. The average molecular weight is 209 g/mol. The highest BCUT2D eigenvalue weighted by molar-refractivity contribution is 6.04. The van der Waals surface area contributed by atoms with Crippen molar-refractivity contribution >= 4 is 16.9 Å². The summed E-state index contributed by atoms with van der Waals surface area (Å²) >= 11 is 0. The Hall–Kier alpha value is -2.11. The third-order valence-corrected chi connectivity index (χ3v) is 2.05. The molecule has 0 saturated carbocycles. The molecule has 0 radical (unpaired) electrons. The van der Waals surface area contributed by atoms with Gasteiger partial charge in [-0.25, -0.2) is 0 Å². The molecule has 0 aliphatic heterocycles. The maximum atomic E-state index is 13.4. The molecule has 1 amide bonds. The van der Waals surface area contributed by atoms with Crippen LogP contribution >= 0.6 is 0 Å². The molecule has 1 aromatic carbocycles. The Morgan fingerprint density at radius 2 is 2.33 bits per heavy atom. The standard InChI is InChI=1S/C9H8FN3O2/c1-15-9-12-7-5(8(11)14)3-2-4-6(7)13(9)10/h2-4H,1H3,(H2,11,14). The van der Waals surface area contributed by atoms with Crippen molar-refractivity contribution in [3.8, 4) is 6.01 Å². The summed E-state index contributed by atoms with van der Waals surface area (Å²) in [4.78, 5) is 15.1. The smallest absolute Gasteiger partial charge is 0.326 e. The van der Waals surface area contributed by atoms with Gasteiger partial charge in [0.15, 0.2) is 0 Å². The summed E-state index contributed by atoms with van der Waals surface area (Å²) in [5, 5.41) is 0. The number of nitrogens with two attached hydrogens (primary N) is 1. The molecule has 15 heavy (non-hydrogen) atoms. The van der Waals surface area contributed by atoms with Crippen molar-refractivity contribution in [2.75, 3.05) is 7.11 Å². The number of para-hydroxylation sites is 1. The van der Waals surface area contributed by atoms with Gasteiger partial charge in [0.2, 0.25) is 0 Å². The van der Waals surface area contributed by atoms with E-state index in [4.69, 9.17) is 5.73 Å². The molecule has 5 nitrogen and oxygen atoms in total. The Balaban J connectivity index is 2.81. The van der Waals surface area contributed by atoms with Crippen molar-refractivity contribution in [3.63, 3.8) is 0 Å². The summed E-state index contributed by atoms with van der Waals surface area (Å²) < 4.78 is 18.1. The fourth-order valence-electron chi connectivity index (χ4n) is 1.37. The second kappa shape index (κ2) is 3.23. The van der Waals surface area contributed by atoms with E-state index >= 15 is 0 Å². The molecular formula is C9H8FN3O2. The fourth-order valence-corrected chi connectivity index (χ4v) is 1.37. The van der Waals surface area contributed by atoms with E-state index in [-0.39, 0.29) is 27.4 Å². The molecule has 78 valence electrons. The number of halogens is 1. The van der Waals surface area contributed by atoms with Crippen LogP contribution in [0.1, 0.15) is 10.4 Å². The van der Waals surface area contributed by atoms with Crippen molar-refractivity contribution in [2.24, 2.45) is 5.73 Å². The number of rotatable bonds is 2. The van der Waals surface area contributed by atoms with Crippen molar-refractivity contribution in [1.82, 2.24) is 9.77 Å². The third kappa shape index (κ3) is 1.30. The van der Waals surface area contributed by atoms with Gasteiger partial charge in [0.1, 0.15) is 11.0 Å². The average Bonchev–Trinajstić information content (AvgIpc) is 2.55. The van der Waals surface area contributed by atoms with E-state index < -0.39 is 5.91 Å². The van der Waals surface area contributed by atoms with Gasteiger partial charge in [-0.1, -0.05) is 10.5 Å². The Morgan fingerprint density at radius 1 is 1.60 bits per heavy atom. The van der Waals surface area contributed by atoms with Crippen LogP contribution in [0.25, 0.3) is 11.0 Å². The number of amides is 1.